The van der Waals surface area contributed by atoms with Gasteiger partial charge in [0.1, 0.15) is 0 Å². The van der Waals surface area contributed by atoms with Crippen LogP contribution in [0.2, 0.25) is 0 Å². The van der Waals surface area contributed by atoms with Crippen LogP contribution in [-0.2, 0) is 5.41 Å². The largest absolute Gasteiger partial charge is 0.307 e. The molecule has 0 saturated carbocycles. The zero-order chi connectivity index (χ0) is 40.7. The summed E-state index contributed by atoms with van der Waals surface area (Å²) in [6.07, 6.45) is 0. The highest BCUT2D eigenvalue weighted by Crippen LogP contribution is 2.55. The number of fused-ring (bicyclic) bond motifs is 9. The molecule has 288 valence electrons. The Morgan fingerprint density at radius 1 is 0.377 bits per heavy atom. The number of hydrogen-bond donors (Lipinski definition) is 0. The van der Waals surface area contributed by atoms with E-state index in [1.807, 2.05) is 36.4 Å². The molecule has 11 aromatic rings. The van der Waals surface area contributed by atoms with E-state index in [1.165, 1.54) is 55.2 Å². The minimum absolute atomic E-state index is 0.208. The van der Waals surface area contributed by atoms with Gasteiger partial charge >= 0.3 is 0 Å². The second kappa shape index (κ2) is 13.6. The van der Waals surface area contributed by atoms with Crippen LogP contribution in [0, 0.1) is 0 Å². The van der Waals surface area contributed by atoms with Gasteiger partial charge in [0.2, 0.25) is 0 Å². The first-order valence-electron chi connectivity index (χ1n) is 20.9. The Bertz CT molecular complexity index is 3420. The number of para-hydroxylation sites is 1. The molecule has 61 heavy (non-hydrogen) atoms. The molecule has 0 spiro atoms. The lowest BCUT2D eigenvalue weighted by molar-refractivity contribution is 0.666. The summed E-state index contributed by atoms with van der Waals surface area (Å²) in [7, 11) is 0. The van der Waals surface area contributed by atoms with Gasteiger partial charge in [-0.05, 0) is 58.7 Å². The highest BCUT2D eigenvalue weighted by molar-refractivity contribution is 6.21. The van der Waals surface area contributed by atoms with Crippen LogP contribution in [0.3, 0.4) is 0 Å². The first kappa shape index (κ1) is 35.1. The Hall–Kier alpha value is -7.89. The number of nitrogens with zero attached hydrogens (tertiary/aromatic N) is 5. The van der Waals surface area contributed by atoms with Crippen molar-refractivity contribution < 1.29 is 0 Å². The van der Waals surface area contributed by atoms with Crippen LogP contribution in [-0.4, -0.2) is 24.1 Å². The lowest BCUT2D eigenvalue weighted by Gasteiger charge is -2.21. The molecule has 5 heteroatoms. The molecule has 0 atom stereocenters. The van der Waals surface area contributed by atoms with E-state index in [1.54, 1.807) is 0 Å². The SMILES string of the molecule is CC1(C)c2ccccc2-c2c1c1ccc3c4cc(-c5ccccc5)ccc4n(-c4cccc(-c5nc(-c6ccccc6)nc(-c6ccccc6)n5)c4)c3c1n2-c1ccccc1. The van der Waals surface area contributed by atoms with Gasteiger partial charge in [-0.25, -0.2) is 15.0 Å². The first-order valence-corrected chi connectivity index (χ1v) is 20.9. The molecule has 3 heterocycles. The first-order chi connectivity index (χ1) is 30.0. The van der Waals surface area contributed by atoms with Crippen molar-refractivity contribution >= 4 is 32.7 Å². The molecule has 0 N–H and O–H groups in total. The lowest BCUT2D eigenvalue weighted by atomic mass is 9.81. The molecule has 5 nitrogen and oxygen atoms in total. The normalized spacial score (nSPS) is 12.9. The van der Waals surface area contributed by atoms with Gasteiger partial charge in [-0.3, -0.25) is 0 Å². The average molecular weight is 782 g/mol. The number of aromatic nitrogens is 5. The molecule has 0 unspecified atom stereocenters. The maximum atomic E-state index is 5.13. The molecule has 1 aliphatic rings. The minimum atomic E-state index is -0.208. The molecule has 1 aliphatic carbocycles. The Balaban J connectivity index is 1.18. The molecule has 0 aliphatic heterocycles. The third-order valence-corrected chi connectivity index (χ3v) is 12.5. The molecule has 0 amide bonds. The van der Waals surface area contributed by atoms with Crippen molar-refractivity contribution in [2.75, 3.05) is 0 Å². The van der Waals surface area contributed by atoms with Crippen molar-refractivity contribution in [2.24, 2.45) is 0 Å². The fraction of sp³-hybridized carbons (Fsp3) is 0.0536. The molecular weight excluding hydrogens is 743 g/mol. The van der Waals surface area contributed by atoms with Gasteiger partial charge in [-0.15, -0.1) is 0 Å². The second-order valence-electron chi connectivity index (χ2n) is 16.4. The van der Waals surface area contributed by atoms with Crippen LogP contribution in [0.5, 0.6) is 0 Å². The van der Waals surface area contributed by atoms with Crippen molar-refractivity contribution in [2.45, 2.75) is 19.3 Å². The molecule has 0 bridgehead atoms. The summed E-state index contributed by atoms with van der Waals surface area (Å²) in [4.78, 5) is 15.2. The molecular formula is C56H39N5. The molecule has 8 aromatic carbocycles. The summed E-state index contributed by atoms with van der Waals surface area (Å²) < 4.78 is 5.00. The number of rotatable bonds is 6. The van der Waals surface area contributed by atoms with Crippen molar-refractivity contribution in [3.8, 4) is 67.9 Å². The van der Waals surface area contributed by atoms with E-state index in [9.17, 15) is 0 Å². The Morgan fingerprint density at radius 2 is 0.902 bits per heavy atom. The van der Waals surface area contributed by atoms with Crippen LogP contribution in [0.25, 0.3) is 101 Å². The maximum Gasteiger partial charge on any atom is 0.164 e. The fourth-order valence-corrected chi connectivity index (χ4v) is 9.76. The third-order valence-electron chi connectivity index (χ3n) is 12.5. The zero-order valence-corrected chi connectivity index (χ0v) is 33.8. The maximum absolute atomic E-state index is 5.13. The molecule has 0 fully saturated rings. The van der Waals surface area contributed by atoms with E-state index < -0.39 is 0 Å². The summed E-state index contributed by atoms with van der Waals surface area (Å²) in [6.45, 7) is 4.76. The summed E-state index contributed by atoms with van der Waals surface area (Å²) in [5, 5.41) is 3.65. The molecule has 0 saturated heterocycles. The number of hydrogen-bond acceptors (Lipinski definition) is 3. The molecule has 3 aromatic heterocycles. The van der Waals surface area contributed by atoms with E-state index in [4.69, 9.17) is 15.0 Å². The predicted molar refractivity (Wildman–Crippen MR) is 250 cm³/mol. The molecule has 0 radical (unpaired) electrons. The highest BCUT2D eigenvalue weighted by Gasteiger charge is 2.41. The van der Waals surface area contributed by atoms with Gasteiger partial charge in [0.15, 0.2) is 17.5 Å². The van der Waals surface area contributed by atoms with Gasteiger partial charge in [0, 0.05) is 55.2 Å². The van der Waals surface area contributed by atoms with Gasteiger partial charge in [0.25, 0.3) is 0 Å². The standard InChI is InChI=1S/C56H39N5/c1-56(2)47-29-16-15-28-44(47)50-49(56)45-32-31-43-46-35-39(36-18-7-3-8-19-36)30-33-48(46)60(51(43)52(45)61(50)41-25-13-6-14-26-41)42-27-17-24-40(34-42)55-58-53(37-20-9-4-10-21-37)57-54(59-55)38-22-11-5-12-23-38/h3-35H,1-2H3. The summed E-state index contributed by atoms with van der Waals surface area (Å²) in [5.74, 6) is 1.90. The Labute approximate surface area is 353 Å². The van der Waals surface area contributed by atoms with Gasteiger partial charge in [-0.2, -0.15) is 0 Å². The van der Waals surface area contributed by atoms with Crippen LogP contribution in [0.1, 0.15) is 25.0 Å². The van der Waals surface area contributed by atoms with Gasteiger partial charge < -0.3 is 9.13 Å². The third kappa shape index (κ3) is 5.44. The van der Waals surface area contributed by atoms with Gasteiger partial charge in [0.05, 0.1) is 22.2 Å². The van der Waals surface area contributed by atoms with Crippen molar-refractivity contribution in [1.29, 1.82) is 0 Å². The predicted octanol–water partition coefficient (Wildman–Crippen LogP) is 13.9. The lowest BCUT2D eigenvalue weighted by Crippen LogP contribution is -2.14. The van der Waals surface area contributed by atoms with E-state index in [0.29, 0.717) is 17.5 Å². The quantitative estimate of drug-likeness (QED) is 0.169. The Morgan fingerprint density at radius 3 is 1.57 bits per heavy atom. The van der Waals surface area contributed by atoms with Crippen molar-refractivity contribution in [3.05, 3.63) is 211 Å². The number of benzene rings is 8. The van der Waals surface area contributed by atoms with E-state index in [-0.39, 0.29) is 5.41 Å². The fourth-order valence-electron chi connectivity index (χ4n) is 9.76. The molecule has 12 rings (SSSR count). The second-order valence-corrected chi connectivity index (χ2v) is 16.4. The van der Waals surface area contributed by atoms with E-state index in [0.717, 1.165) is 39.1 Å². The van der Waals surface area contributed by atoms with E-state index in [2.05, 4.69) is 187 Å². The Kier molecular flexibility index (Phi) is 7.81. The minimum Gasteiger partial charge on any atom is -0.307 e. The van der Waals surface area contributed by atoms with Crippen LogP contribution in [0.15, 0.2) is 200 Å². The van der Waals surface area contributed by atoms with Crippen LogP contribution in [0.4, 0.5) is 0 Å². The summed E-state index contributed by atoms with van der Waals surface area (Å²) >= 11 is 0. The van der Waals surface area contributed by atoms with Crippen LogP contribution >= 0.6 is 0 Å². The van der Waals surface area contributed by atoms with Crippen LogP contribution < -0.4 is 0 Å². The monoisotopic (exact) mass is 781 g/mol. The van der Waals surface area contributed by atoms with Crippen molar-refractivity contribution in [3.63, 3.8) is 0 Å². The van der Waals surface area contributed by atoms with Gasteiger partial charge in [-0.1, -0.05) is 178 Å². The summed E-state index contributed by atoms with van der Waals surface area (Å²) in [5.41, 5.74) is 15.9. The zero-order valence-electron chi connectivity index (χ0n) is 33.8. The summed E-state index contributed by atoms with van der Waals surface area (Å²) in [6, 6.07) is 71.2. The highest BCUT2D eigenvalue weighted by atomic mass is 15.1. The topological polar surface area (TPSA) is 48.5 Å². The van der Waals surface area contributed by atoms with E-state index >= 15 is 0 Å². The van der Waals surface area contributed by atoms with Crippen molar-refractivity contribution in [1.82, 2.24) is 24.1 Å². The smallest absolute Gasteiger partial charge is 0.164 e. The average Bonchev–Trinajstić information content (AvgIpc) is 3.94.